The maximum Gasteiger partial charge on any atom is 0.306 e. The average Bonchev–Trinajstić information content (AvgIpc) is 3.28. The summed E-state index contributed by atoms with van der Waals surface area (Å²) < 4.78 is 16.7. The molecule has 0 aliphatic heterocycles. The highest BCUT2D eigenvalue weighted by molar-refractivity contribution is 5.71. The van der Waals surface area contributed by atoms with Crippen molar-refractivity contribution in [1.82, 2.24) is 0 Å². The summed E-state index contributed by atoms with van der Waals surface area (Å²) in [5, 5.41) is 0. The van der Waals surface area contributed by atoms with Crippen LogP contribution in [0.5, 0.6) is 0 Å². The van der Waals surface area contributed by atoms with Crippen molar-refractivity contribution >= 4 is 17.9 Å². The second-order valence-corrected chi connectivity index (χ2v) is 16.2. The second kappa shape index (κ2) is 50.5. The molecule has 0 aromatic carbocycles. The normalized spacial score (nSPS) is 13.1. The number of esters is 3. The van der Waals surface area contributed by atoms with Gasteiger partial charge in [-0.25, -0.2) is 0 Å². The maximum absolute atomic E-state index is 12.8. The molecule has 0 rings (SSSR count). The van der Waals surface area contributed by atoms with Gasteiger partial charge in [-0.2, -0.15) is 0 Å². The van der Waals surface area contributed by atoms with Crippen LogP contribution in [0.2, 0.25) is 0 Å². The maximum atomic E-state index is 12.8. The molecule has 6 heteroatoms. The Kier molecular flexibility index (Phi) is 47.1. The molecule has 0 spiro atoms. The van der Waals surface area contributed by atoms with Gasteiger partial charge in [-0.05, 0) is 83.5 Å². The molecule has 0 aromatic heterocycles. The number of allylic oxidation sites excluding steroid dienone is 20. The van der Waals surface area contributed by atoms with Crippen LogP contribution in [-0.2, 0) is 28.6 Å². The second-order valence-electron chi connectivity index (χ2n) is 16.2. The zero-order valence-electron chi connectivity index (χ0n) is 40.3. The molecule has 0 aliphatic carbocycles. The smallest absolute Gasteiger partial charge is 0.306 e. The first-order valence-corrected chi connectivity index (χ1v) is 25.2. The lowest BCUT2D eigenvalue weighted by atomic mass is 10.1. The molecule has 0 heterocycles. The van der Waals surface area contributed by atoms with Gasteiger partial charge in [-0.3, -0.25) is 14.4 Å². The third kappa shape index (κ3) is 48.7. The van der Waals surface area contributed by atoms with E-state index < -0.39 is 6.10 Å². The third-order valence-corrected chi connectivity index (χ3v) is 10.2. The molecule has 0 aromatic rings. The van der Waals surface area contributed by atoms with Crippen LogP contribution in [0.3, 0.4) is 0 Å². The van der Waals surface area contributed by atoms with E-state index >= 15 is 0 Å². The van der Waals surface area contributed by atoms with E-state index in [1.54, 1.807) is 0 Å². The van der Waals surface area contributed by atoms with Crippen molar-refractivity contribution in [3.8, 4) is 0 Å². The number of hydrogen-bond donors (Lipinski definition) is 0. The van der Waals surface area contributed by atoms with Gasteiger partial charge < -0.3 is 14.2 Å². The van der Waals surface area contributed by atoms with Gasteiger partial charge >= 0.3 is 17.9 Å². The fraction of sp³-hybridized carbons (Fsp3) is 0.596. The van der Waals surface area contributed by atoms with Gasteiger partial charge in [0.15, 0.2) is 6.10 Å². The van der Waals surface area contributed by atoms with Gasteiger partial charge in [0.2, 0.25) is 0 Å². The number of carbonyl (C=O) groups excluding carboxylic acids is 3. The van der Waals surface area contributed by atoms with Crippen molar-refractivity contribution in [2.24, 2.45) is 0 Å². The Balaban J connectivity index is 4.54. The predicted molar refractivity (Wildman–Crippen MR) is 269 cm³/mol. The molecule has 0 saturated heterocycles. The van der Waals surface area contributed by atoms with Crippen molar-refractivity contribution in [3.05, 3.63) is 122 Å². The first-order chi connectivity index (χ1) is 31.0. The first-order valence-electron chi connectivity index (χ1n) is 25.2. The molecule has 63 heavy (non-hydrogen) atoms. The van der Waals surface area contributed by atoms with Gasteiger partial charge in [-0.1, -0.05) is 219 Å². The molecule has 6 nitrogen and oxygen atoms in total. The molecule has 0 saturated carbocycles. The summed E-state index contributed by atoms with van der Waals surface area (Å²) in [6.45, 7) is 6.27. The van der Waals surface area contributed by atoms with Crippen LogP contribution in [-0.4, -0.2) is 37.2 Å². The lowest BCUT2D eigenvalue weighted by molar-refractivity contribution is -0.167. The van der Waals surface area contributed by atoms with Crippen molar-refractivity contribution in [2.45, 2.75) is 207 Å². The van der Waals surface area contributed by atoms with Crippen LogP contribution in [0.25, 0.3) is 0 Å². The monoisotopic (exact) mass is 871 g/mol. The number of ether oxygens (including phenoxy) is 3. The SMILES string of the molecule is CC\C=C/C=C\C=C/C=C\C=C\C=C/CCCCCC(=O)OCC(COC(=O)CCCCC/C=C\CCCCCCCC)OC(=O)CCCCCCCCC\C=C/C=C\C=C/CC. The average molecular weight is 871 g/mol. The van der Waals surface area contributed by atoms with Gasteiger partial charge in [-0.15, -0.1) is 0 Å². The van der Waals surface area contributed by atoms with Gasteiger partial charge in [0.05, 0.1) is 0 Å². The summed E-state index contributed by atoms with van der Waals surface area (Å²) in [6.07, 6.45) is 68.9. The highest BCUT2D eigenvalue weighted by atomic mass is 16.6. The molecule has 1 atom stereocenters. The molecular weight excluding hydrogens is 781 g/mol. The van der Waals surface area contributed by atoms with E-state index in [2.05, 4.69) is 81.5 Å². The lowest BCUT2D eigenvalue weighted by Crippen LogP contribution is -2.30. The van der Waals surface area contributed by atoms with E-state index in [-0.39, 0.29) is 31.1 Å². The number of rotatable bonds is 43. The molecule has 0 bridgehead atoms. The van der Waals surface area contributed by atoms with E-state index in [0.717, 1.165) is 103 Å². The largest absolute Gasteiger partial charge is 0.462 e. The fourth-order valence-corrected chi connectivity index (χ4v) is 6.41. The zero-order chi connectivity index (χ0) is 45.8. The quantitative estimate of drug-likeness (QED) is 0.0200. The number of carbonyl (C=O) groups is 3. The van der Waals surface area contributed by atoms with Crippen LogP contribution in [0.1, 0.15) is 201 Å². The van der Waals surface area contributed by atoms with Gasteiger partial charge in [0.1, 0.15) is 13.2 Å². The van der Waals surface area contributed by atoms with E-state index in [4.69, 9.17) is 14.2 Å². The van der Waals surface area contributed by atoms with Gasteiger partial charge in [0.25, 0.3) is 0 Å². The van der Waals surface area contributed by atoms with Crippen LogP contribution >= 0.6 is 0 Å². The number of unbranched alkanes of at least 4 members (excludes halogenated alkanes) is 19. The Morgan fingerprint density at radius 2 is 0.635 bits per heavy atom. The van der Waals surface area contributed by atoms with Crippen LogP contribution in [0, 0.1) is 0 Å². The van der Waals surface area contributed by atoms with E-state index in [9.17, 15) is 14.4 Å². The Hall–Kier alpha value is -4.19. The highest BCUT2D eigenvalue weighted by Gasteiger charge is 2.19. The molecule has 354 valence electrons. The van der Waals surface area contributed by atoms with Crippen molar-refractivity contribution in [2.75, 3.05) is 13.2 Å². The topological polar surface area (TPSA) is 78.9 Å². The third-order valence-electron chi connectivity index (χ3n) is 10.2. The van der Waals surface area contributed by atoms with Crippen LogP contribution in [0.4, 0.5) is 0 Å². The minimum Gasteiger partial charge on any atom is -0.462 e. The van der Waals surface area contributed by atoms with Crippen molar-refractivity contribution in [1.29, 1.82) is 0 Å². The minimum absolute atomic E-state index is 0.109. The summed E-state index contributed by atoms with van der Waals surface area (Å²) >= 11 is 0. The van der Waals surface area contributed by atoms with E-state index in [0.29, 0.717) is 19.3 Å². The molecule has 0 N–H and O–H groups in total. The zero-order valence-corrected chi connectivity index (χ0v) is 40.3. The molecular formula is C57H90O6. The fourth-order valence-electron chi connectivity index (χ4n) is 6.41. The Morgan fingerprint density at radius 3 is 1.03 bits per heavy atom. The van der Waals surface area contributed by atoms with E-state index in [1.165, 1.54) is 57.8 Å². The highest BCUT2D eigenvalue weighted by Crippen LogP contribution is 2.13. The van der Waals surface area contributed by atoms with E-state index in [1.807, 2.05) is 60.8 Å². The Bertz CT molecular complexity index is 1370. The summed E-state index contributed by atoms with van der Waals surface area (Å²) in [4.78, 5) is 37.9. The molecule has 0 radical (unpaired) electrons. The Morgan fingerprint density at radius 1 is 0.333 bits per heavy atom. The minimum atomic E-state index is -0.812. The summed E-state index contributed by atoms with van der Waals surface area (Å²) in [5.41, 5.74) is 0. The molecule has 1 unspecified atom stereocenters. The standard InChI is InChI=1S/C57H90O6/c1-4-7-10-13-16-19-22-25-27-28-30-32-35-38-41-44-47-50-56(59)62-53-54(52-61-55(58)49-46-43-40-37-34-31-24-21-18-15-12-9-6-3)63-57(60)51-48-45-42-39-36-33-29-26-23-20-17-14-11-8-5-2/h7-8,10-11,13-14,16-17,19-20,22-23,25,27-28,30-32,34-35,54H,4-6,9,12,15,18,21,24,26,29,33,36-53H2,1-3H3/b10-7-,11-8-,16-13-,17-14-,22-19-,23-20-,27-25-,30-28+,34-31-,35-32-. The van der Waals surface area contributed by atoms with Crippen LogP contribution < -0.4 is 0 Å². The number of hydrogen-bond acceptors (Lipinski definition) is 6. The molecule has 0 fully saturated rings. The van der Waals surface area contributed by atoms with Gasteiger partial charge in [0, 0.05) is 19.3 Å². The van der Waals surface area contributed by atoms with Crippen molar-refractivity contribution in [3.63, 3.8) is 0 Å². The Labute approximate surface area is 386 Å². The molecule has 0 aliphatic rings. The van der Waals surface area contributed by atoms with Crippen LogP contribution in [0.15, 0.2) is 122 Å². The molecule has 0 amide bonds. The summed E-state index contributed by atoms with van der Waals surface area (Å²) in [5.74, 6) is -0.990. The predicted octanol–water partition coefficient (Wildman–Crippen LogP) is 16.5. The summed E-state index contributed by atoms with van der Waals surface area (Å²) in [6, 6.07) is 0. The first kappa shape index (κ1) is 58.8. The lowest BCUT2D eigenvalue weighted by Gasteiger charge is -2.18. The van der Waals surface area contributed by atoms with Crippen molar-refractivity contribution < 1.29 is 28.6 Å². The summed E-state index contributed by atoms with van der Waals surface area (Å²) in [7, 11) is 0.